The Labute approximate surface area is 188 Å². The molecule has 1 amide bonds. The highest BCUT2D eigenvalue weighted by molar-refractivity contribution is 5.98. The summed E-state index contributed by atoms with van der Waals surface area (Å²) in [6.45, 7) is 2.08. The highest BCUT2D eigenvalue weighted by Gasteiger charge is 2.52. The highest BCUT2D eigenvalue weighted by Crippen LogP contribution is 2.45. The summed E-state index contributed by atoms with van der Waals surface area (Å²) >= 11 is 0. The number of likely N-dealkylation sites (tertiary alicyclic amines) is 1. The standard InChI is InChI=1S/C23H23F3N6O/c1-2-18-14-11-17(30-21-8-7-15(13-27-21)23(24,25)26)20(12-14)31(18)22(33)16-5-3-4-6-19(16)32-28-9-10-29-32/h3-10,13-14,17-18,20H,2,11-12H2,1H3,(H,27,30). The van der Waals surface area contributed by atoms with Crippen LogP contribution in [-0.2, 0) is 6.18 Å². The molecule has 0 radical (unpaired) electrons. The number of nitrogens with one attached hydrogen (secondary N) is 1. The maximum Gasteiger partial charge on any atom is 0.417 e. The molecule has 3 aromatic rings. The van der Waals surface area contributed by atoms with Gasteiger partial charge in [0, 0.05) is 18.3 Å². The first-order valence-corrected chi connectivity index (χ1v) is 10.9. The van der Waals surface area contributed by atoms with Crippen molar-refractivity contribution >= 4 is 11.7 Å². The number of carbonyl (C=O) groups is 1. The van der Waals surface area contributed by atoms with Crippen molar-refractivity contribution in [1.82, 2.24) is 24.9 Å². The van der Waals surface area contributed by atoms with Gasteiger partial charge in [-0.25, -0.2) is 4.98 Å². The minimum absolute atomic E-state index is 0.0739. The SMILES string of the molecule is CCC1C2CC(Nc3ccc(C(F)(F)F)cn3)C(C2)N1C(=O)c1ccccc1-n1nccn1. The molecule has 7 nitrogen and oxygen atoms in total. The van der Waals surface area contributed by atoms with Gasteiger partial charge in [0.25, 0.3) is 5.91 Å². The van der Waals surface area contributed by atoms with Crippen LogP contribution in [0.15, 0.2) is 55.0 Å². The van der Waals surface area contributed by atoms with Crippen LogP contribution in [0.4, 0.5) is 19.0 Å². The van der Waals surface area contributed by atoms with Crippen molar-refractivity contribution in [3.63, 3.8) is 0 Å². The van der Waals surface area contributed by atoms with E-state index in [-0.39, 0.29) is 24.0 Å². The van der Waals surface area contributed by atoms with Gasteiger partial charge in [-0.2, -0.15) is 28.2 Å². The summed E-state index contributed by atoms with van der Waals surface area (Å²) in [5, 5.41) is 11.6. The first kappa shape index (κ1) is 21.4. The molecule has 2 bridgehead atoms. The lowest BCUT2D eigenvalue weighted by Gasteiger charge is -2.40. The molecular weight excluding hydrogens is 433 g/mol. The second-order valence-corrected chi connectivity index (χ2v) is 8.50. The molecule has 0 spiro atoms. The van der Waals surface area contributed by atoms with Crippen LogP contribution in [0.5, 0.6) is 0 Å². The number of hydrogen-bond donors (Lipinski definition) is 1. The number of rotatable bonds is 5. The Bertz CT molecular complexity index is 1130. The number of alkyl halides is 3. The maximum atomic E-state index is 13.8. The maximum absolute atomic E-state index is 13.8. The van der Waals surface area contributed by atoms with Crippen molar-refractivity contribution in [3.8, 4) is 5.69 Å². The van der Waals surface area contributed by atoms with Crippen LogP contribution in [0.25, 0.3) is 5.69 Å². The number of benzene rings is 1. The number of fused-ring (bicyclic) bond motifs is 2. The van der Waals surface area contributed by atoms with E-state index in [9.17, 15) is 18.0 Å². The molecule has 1 N–H and O–H groups in total. The molecule has 1 aliphatic heterocycles. The Hall–Kier alpha value is -3.43. The normalized spacial score (nSPS) is 24.3. The summed E-state index contributed by atoms with van der Waals surface area (Å²) in [7, 11) is 0. The minimum atomic E-state index is -4.42. The molecule has 1 saturated heterocycles. The van der Waals surface area contributed by atoms with Gasteiger partial charge >= 0.3 is 6.18 Å². The molecule has 2 aromatic heterocycles. The summed E-state index contributed by atoms with van der Waals surface area (Å²) in [6, 6.07) is 9.56. The van der Waals surface area contributed by atoms with Crippen LogP contribution in [0.2, 0.25) is 0 Å². The molecular formula is C23H23F3N6O. The fraction of sp³-hybridized carbons (Fsp3) is 0.391. The van der Waals surface area contributed by atoms with Gasteiger partial charge < -0.3 is 10.2 Å². The Morgan fingerprint density at radius 2 is 1.88 bits per heavy atom. The largest absolute Gasteiger partial charge is 0.417 e. The zero-order chi connectivity index (χ0) is 23.2. The first-order valence-electron chi connectivity index (χ1n) is 10.9. The summed E-state index contributed by atoms with van der Waals surface area (Å²) < 4.78 is 38.5. The number of amides is 1. The van der Waals surface area contributed by atoms with Crippen molar-refractivity contribution in [1.29, 1.82) is 0 Å². The third-order valence-electron chi connectivity index (χ3n) is 6.67. The van der Waals surface area contributed by atoms with E-state index in [0.29, 0.717) is 23.0 Å². The molecule has 1 aliphatic carbocycles. The fourth-order valence-electron chi connectivity index (χ4n) is 5.28. The Morgan fingerprint density at radius 1 is 1.12 bits per heavy atom. The van der Waals surface area contributed by atoms with E-state index in [2.05, 4.69) is 27.4 Å². The number of nitrogens with zero attached hydrogens (tertiary/aromatic N) is 5. The number of halogens is 3. The summed E-state index contributed by atoms with van der Waals surface area (Å²) in [4.78, 5) is 21.1. The van der Waals surface area contributed by atoms with E-state index >= 15 is 0 Å². The van der Waals surface area contributed by atoms with E-state index in [1.54, 1.807) is 18.5 Å². The van der Waals surface area contributed by atoms with E-state index in [0.717, 1.165) is 31.5 Å². The zero-order valence-corrected chi connectivity index (χ0v) is 17.9. The lowest BCUT2D eigenvalue weighted by molar-refractivity contribution is -0.137. The lowest BCUT2D eigenvalue weighted by Crippen LogP contribution is -2.52. The second-order valence-electron chi connectivity index (χ2n) is 8.50. The van der Waals surface area contributed by atoms with Gasteiger partial charge in [0.1, 0.15) is 5.82 Å². The predicted molar refractivity (Wildman–Crippen MR) is 115 cm³/mol. The summed E-state index contributed by atoms with van der Waals surface area (Å²) in [5.41, 5.74) is 0.345. The molecule has 5 rings (SSSR count). The molecule has 10 heteroatoms. The van der Waals surface area contributed by atoms with Gasteiger partial charge in [-0.15, -0.1) is 0 Å². The zero-order valence-electron chi connectivity index (χ0n) is 17.9. The predicted octanol–water partition coefficient (Wildman–Crippen LogP) is 4.17. The van der Waals surface area contributed by atoms with Crippen molar-refractivity contribution < 1.29 is 18.0 Å². The number of anilines is 1. The third kappa shape index (κ3) is 3.83. The third-order valence-corrected chi connectivity index (χ3v) is 6.67. The smallest absolute Gasteiger partial charge is 0.365 e. The quantitative estimate of drug-likeness (QED) is 0.624. The molecule has 4 atom stereocenters. The van der Waals surface area contributed by atoms with Crippen molar-refractivity contribution in [2.45, 2.75) is 50.5 Å². The molecule has 2 aliphatic rings. The van der Waals surface area contributed by atoms with Gasteiger partial charge in [-0.1, -0.05) is 19.1 Å². The Balaban J connectivity index is 1.40. The van der Waals surface area contributed by atoms with Crippen LogP contribution in [0.1, 0.15) is 42.1 Å². The molecule has 33 heavy (non-hydrogen) atoms. The average Bonchev–Trinajstić information content (AvgIpc) is 3.55. The van der Waals surface area contributed by atoms with E-state index < -0.39 is 11.7 Å². The van der Waals surface area contributed by atoms with Crippen LogP contribution >= 0.6 is 0 Å². The van der Waals surface area contributed by atoms with Gasteiger partial charge in [-0.3, -0.25) is 4.79 Å². The number of carbonyl (C=O) groups excluding carboxylic acids is 1. The fourth-order valence-corrected chi connectivity index (χ4v) is 5.28. The number of para-hydroxylation sites is 1. The lowest BCUT2D eigenvalue weighted by atomic mass is 9.93. The van der Waals surface area contributed by atoms with Crippen molar-refractivity contribution in [3.05, 3.63) is 66.1 Å². The molecule has 2 fully saturated rings. The topological polar surface area (TPSA) is 75.9 Å². The van der Waals surface area contributed by atoms with Gasteiger partial charge in [0.05, 0.1) is 35.2 Å². The van der Waals surface area contributed by atoms with Crippen LogP contribution in [0.3, 0.4) is 0 Å². The monoisotopic (exact) mass is 456 g/mol. The van der Waals surface area contributed by atoms with Crippen LogP contribution < -0.4 is 5.32 Å². The number of aromatic nitrogens is 4. The first-order chi connectivity index (χ1) is 15.9. The number of hydrogen-bond acceptors (Lipinski definition) is 5. The molecule has 1 saturated carbocycles. The molecule has 3 heterocycles. The number of piperidine rings is 1. The highest BCUT2D eigenvalue weighted by atomic mass is 19.4. The van der Waals surface area contributed by atoms with Gasteiger partial charge in [0.15, 0.2) is 0 Å². The number of pyridine rings is 1. The van der Waals surface area contributed by atoms with Gasteiger partial charge in [-0.05, 0) is 49.4 Å². The van der Waals surface area contributed by atoms with Crippen LogP contribution in [0, 0.1) is 5.92 Å². The summed E-state index contributed by atoms with van der Waals surface area (Å²) in [5.74, 6) is 0.613. The second kappa shape index (κ2) is 8.17. The minimum Gasteiger partial charge on any atom is -0.365 e. The molecule has 1 aromatic carbocycles. The van der Waals surface area contributed by atoms with Crippen LogP contribution in [-0.4, -0.2) is 48.9 Å². The summed E-state index contributed by atoms with van der Waals surface area (Å²) in [6.07, 6.45) is 2.06. The molecule has 172 valence electrons. The molecule has 4 unspecified atom stereocenters. The Kier molecular flexibility index (Phi) is 5.30. The van der Waals surface area contributed by atoms with E-state index in [4.69, 9.17) is 0 Å². The van der Waals surface area contributed by atoms with Gasteiger partial charge in [0.2, 0.25) is 0 Å². The average molecular weight is 456 g/mol. The van der Waals surface area contributed by atoms with Crippen molar-refractivity contribution in [2.75, 3.05) is 5.32 Å². The van der Waals surface area contributed by atoms with E-state index in [1.807, 2.05) is 23.1 Å². The Morgan fingerprint density at radius 3 is 2.55 bits per heavy atom. The van der Waals surface area contributed by atoms with Crippen molar-refractivity contribution in [2.24, 2.45) is 5.92 Å². The van der Waals surface area contributed by atoms with E-state index in [1.165, 1.54) is 10.9 Å².